The van der Waals surface area contributed by atoms with Gasteiger partial charge in [-0.25, -0.2) is 4.98 Å². The summed E-state index contributed by atoms with van der Waals surface area (Å²) in [7, 11) is 3.11. The van der Waals surface area contributed by atoms with Gasteiger partial charge in [0.1, 0.15) is 11.0 Å². The molecule has 20 heavy (non-hydrogen) atoms. The van der Waals surface area contributed by atoms with Gasteiger partial charge in [-0.3, -0.25) is 4.79 Å². The predicted octanol–water partition coefficient (Wildman–Crippen LogP) is 1.25. The lowest BCUT2D eigenvalue weighted by molar-refractivity contribution is 0.0380. The molecule has 0 radical (unpaired) electrons. The zero-order chi connectivity index (χ0) is 15.1. The minimum absolute atomic E-state index is 0.178. The van der Waals surface area contributed by atoms with Gasteiger partial charge in [-0.15, -0.1) is 0 Å². The highest BCUT2D eigenvalue weighted by Crippen LogP contribution is 2.16. The van der Waals surface area contributed by atoms with Crippen molar-refractivity contribution in [3.63, 3.8) is 0 Å². The molecule has 1 rings (SSSR count). The molecule has 0 aliphatic heterocycles. The minimum Gasteiger partial charge on any atom is -0.389 e. The fourth-order valence-corrected chi connectivity index (χ4v) is 1.97. The van der Waals surface area contributed by atoms with Crippen LogP contribution < -0.4 is 5.32 Å². The first-order valence-electron chi connectivity index (χ1n) is 6.31. The van der Waals surface area contributed by atoms with Crippen molar-refractivity contribution in [3.8, 4) is 0 Å². The van der Waals surface area contributed by atoms with Gasteiger partial charge in [0, 0.05) is 32.8 Å². The summed E-state index contributed by atoms with van der Waals surface area (Å²) in [5.74, 6) is 0.317. The Hall–Kier alpha value is -1.37. The first kappa shape index (κ1) is 16.7. The van der Waals surface area contributed by atoms with Crippen molar-refractivity contribution in [2.45, 2.75) is 13.0 Å². The second-order valence-corrected chi connectivity index (χ2v) is 4.78. The number of anilines is 1. The Balaban J connectivity index is 2.80. The van der Waals surface area contributed by atoms with E-state index in [4.69, 9.17) is 16.3 Å². The van der Waals surface area contributed by atoms with Gasteiger partial charge < -0.3 is 20.1 Å². The van der Waals surface area contributed by atoms with Crippen LogP contribution in [-0.2, 0) is 4.74 Å². The van der Waals surface area contributed by atoms with Crippen molar-refractivity contribution >= 4 is 23.3 Å². The van der Waals surface area contributed by atoms with Crippen molar-refractivity contribution in [2.24, 2.45) is 0 Å². The van der Waals surface area contributed by atoms with Crippen molar-refractivity contribution in [1.82, 2.24) is 9.88 Å². The highest BCUT2D eigenvalue weighted by molar-refractivity contribution is 6.29. The van der Waals surface area contributed by atoms with Crippen LogP contribution in [0.5, 0.6) is 0 Å². The third kappa shape index (κ3) is 4.96. The standard InChI is InChI=1S/C13H20ClN3O3/c1-4-15-12-6-9(5-11(14)16-12)13(19)17(2)7-10(18)8-20-3/h5-6,10,18H,4,7-8H2,1-3H3,(H,15,16). The van der Waals surface area contributed by atoms with Gasteiger partial charge >= 0.3 is 0 Å². The molecule has 1 aromatic rings. The monoisotopic (exact) mass is 301 g/mol. The van der Waals surface area contributed by atoms with Crippen LogP contribution in [0.4, 0.5) is 5.82 Å². The molecule has 1 atom stereocenters. The molecule has 0 aromatic carbocycles. The van der Waals surface area contributed by atoms with E-state index < -0.39 is 6.10 Å². The minimum atomic E-state index is -0.723. The largest absolute Gasteiger partial charge is 0.389 e. The van der Waals surface area contributed by atoms with Gasteiger partial charge in [-0.1, -0.05) is 11.6 Å². The number of ether oxygens (including phenoxy) is 1. The van der Waals surface area contributed by atoms with E-state index in [2.05, 4.69) is 10.3 Å². The molecular formula is C13H20ClN3O3. The topological polar surface area (TPSA) is 74.7 Å². The lowest BCUT2D eigenvalue weighted by Gasteiger charge is -2.20. The van der Waals surface area contributed by atoms with Gasteiger partial charge in [-0.2, -0.15) is 0 Å². The highest BCUT2D eigenvalue weighted by atomic mass is 35.5. The number of carbonyl (C=O) groups is 1. The van der Waals surface area contributed by atoms with Gasteiger partial charge in [0.05, 0.1) is 12.7 Å². The number of halogens is 1. The van der Waals surface area contributed by atoms with E-state index in [0.29, 0.717) is 17.9 Å². The smallest absolute Gasteiger partial charge is 0.253 e. The second kappa shape index (κ2) is 8.04. The number of hydrogen-bond acceptors (Lipinski definition) is 5. The fraction of sp³-hybridized carbons (Fsp3) is 0.538. The number of methoxy groups -OCH3 is 1. The third-order valence-corrected chi connectivity index (χ3v) is 2.78. The molecule has 112 valence electrons. The summed E-state index contributed by atoms with van der Waals surface area (Å²) < 4.78 is 4.83. The molecule has 1 unspecified atom stereocenters. The Morgan fingerprint density at radius 2 is 2.30 bits per heavy atom. The third-order valence-electron chi connectivity index (χ3n) is 2.59. The summed E-state index contributed by atoms with van der Waals surface area (Å²) in [5.41, 5.74) is 0.424. The number of aromatic nitrogens is 1. The van der Waals surface area contributed by atoms with Gasteiger partial charge in [0.25, 0.3) is 5.91 Å². The maximum absolute atomic E-state index is 12.3. The van der Waals surface area contributed by atoms with Crippen LogP contribution >= 0.6 is 11.6 Å². The Morgan fingerprint density at radius 3 is 2.90 bits per heavy atom. The zero-order valence-corrected chi connectivity index (χ0v) is 12.6. The number of nitrogens with one attached hydrogen (secondary N) is 1. The molecule has 2 N–H and O–H groups in total. The number of aliphatic hydroxyl groups excluding tert-OH is 1. The van der Waals surface area contributed by atoms with Gasteiger partial charge in [0.15, 0.2) is 0 Å². The molecule has 6 nitrogen and oxygen atoms in total. The van der Waals surface area contributed by atoms with E-state index in [1.54, 1.807) is 13.1 Å². The van der Waals surface area contributed by atoms with Crippen LogP contribution in [-0.4, -0.2) is 60.9 Å². The van der Waals surface area contributed by atoms with Gasteiger partial charge in [0.2, 0.25) is 0 Å². The maximum atomic E-state index is 12.3. The molecule has 1 aromatic heterocycles. The molecule has 1 amide bonds. The summed E-state index contributed by atoms with van der Waals surface area (Å²) in [6.07, 6.45) is -0.723. The normalized spacial score (nSPS) is 12.1. The summed E-state index contributed by atoms with van der Waals surface area (Å²) >= 11 is 5.90. The quantitative estimate of drug-likeness (QED) is 0.741. The van der Waals surface area contributed by atoms with Crippen molar-refractivity contribution < 1.29 is 14.6 Å². The fourth-order valence-electron chi connectivity index (χ4n) is 1.76. The van der Waals surface area contributed by atoms with Crippen molar-refractivity contribution in [2.75, 3.05) is 39.2 Å². The molecule has 0 saturated carbocycles. The summed E-state index contributed by atoms with van der Waals surface area (Å²) in [5, 5.41) is 12.9. The number of carbonyl (C=O) groups excluding carboxylic acids is 1. The van der Waals surface area contributed by atoms with E-state index in [0.717, 1.165) is 0 Å². The molecule has 0 fully saturated rings. The average Bonchev–Trinajstić information content (AvgIpc) is 2.37. The zero-order valence-electron chi connectivity index (χ0n) is 11.9. The summed E-state index contributed by atoms with van der Waals surface area (Å²) in [4.78, 5) is 17.7. The van der Waals surface area contributed by atoms with Crippen LogP contribution in [0.15, 0.2) is 12.1 Å². The van der Waals surface area contributed by atoms with Crippen molar-refractivity contribution in [3.05, 3.63) is 22.8 Å². The predicted molar refractivity (Wildman–Crippen MR) is 78.3 cm³/mol. The highest BCUT2D eigenvalue weighted by Gasteiger charge is 2.17. The van der Waals surface area contributed by atoms with E-state index >= 15 is 0 Å². The molecule has 0 bridgehead atoms. The Bertz CT molecular complexity index is 456. The van der Waals surface area contributed by atoms with Crippen LogP contribution in [0.25, 0.3) is 0 Å². The first-order valence-corrected chi connectivity index (χ1v) is 6.69. The van der Waals surface area contributed by atoms with Crippen LogP contribution in [0.3, 0.4) is 0 Å². The number of hydrogen-bond donors (Lipinski definition) is 2. The number of rotatable bonds is 7. The molecule has 0 spiro atoms. The number of nitrogens with zero attached hydrogens (tertiary/aromatic N) is 2. The number of amides is 1. The SMILES string of the molecule is CCNc1cc(C(=O)N(C)CC(O)COC)cc(Cl)n1. The summed E-state index contributed by atoms with van der Waals surface area (Å²) in [6, 6.07) is 3.14. The van der Waals surface area contributed by atoms with E-state index in [1.807, 2.05) is 6.92 Å². The number of pyridine rings is 1. The maximum Gasteiger partial charge on any atom is 0.253 e. The average molecular weight is 302 g/mol. The number of likely N-dealkylation sites (N-methyl/N-ethyl adjacent to an activating group) is 1. The lowest BCUT2D eigenvalue weighted by atomic mass is 10.2. The van der Waals surface area contributed by atoms with E-state index in [-0.39, 0.29) is 24.2 Å². The van der Waals surface area contributed by atoms with Crippen molar-refractivity contribution in [1.29, 1.82) is 0 Å². The molecular weight excluding hydrogens is 282 g/mol. The summed E-state index contributed by atoms with van der Waals surface area (Å²) in [6.45, 7) is 2.97. The van der Waals surface area contributed by atoms with Gasteiger partial charge in [-0.05, 0) is 19.1 Å². The number of aliphatic hydroxyl groups is 1. The molecule has 0 aliphatic rings. The van der Waals surface area contributed by atoms with Crippen LogP contribution in [0.1, 0.15) is 17.3 Å². The lowest BCUT2D eigenvalue weighted by Crippen LogP contribution is -2.36. The Labute approximate surface area is 123 Å². The Morgan fingerprint density at radius 1 is 1.60 bits per heavy atom. The van der Waals surface area contributed by atoms with E-state index in [9.17, 15) is 9.90 Å². The molecule has 1 heterocycles. The molecule has 0 saturated heterocycles. The first-order chi connectivity index (χ1) is 9.47. The van der Waals surface area contributed by atoms with Crippen LogP contribution in [0, 0.1) is 0 Å². The van der Waals surface area contributed by atoms with E-state index in [1.165, 1.54) is 18.1 Å². The molecule has 0 aliphatic carbocycles. The Kier molecular flexibility index (Phi) is 6.70. The molecule has 7 heteroatoms. The van der Waals surface area contributed by atoms with Crippen LogP contribution in [0.2, 0.25) is 5.15 Å². The second-order valence-electron chi connectivity index (χ2n) is 4.39.